The summed E-state index contributed by atoms with van der Waals surface area (Å²) >= 11 is 0. The molecule has 0 aromatic heterocycles. The molecule has 0 N–H and O–H groups in total. The van der Waals surface area contributed by atoms with Crippen LogP contribution in [0.4, 0.5) is 0 Å². The van der Waals surface area contributed by atoms with Crippen molar-refractivity contribution in [3.63, 3.8) is 0 Å². The van der Waals surface area contributed by atoms with Gasteiger partial charge in [0.05, 0.1) is 5.70 Å². The molecule has 0 aliphatic heterocycles. The Bertz CT molecular complexity index is 309. The summed E-state index contributed by atoms with van der Waals surface area (Å²) in [6, 6.07) is 0. The van der Waals surface area contributed by atoms with E-state index in [-0.39, 0.29) is 5.41 Å². The fraction of sp³-hybridized carbons (Fsp3) is 0.733. The van der Waals surface area contributed by atoms with Crippen LogP contribution in [0.25, 0.3) is 0 Å². The number of nitrogens with zero attached hydrogens (tertiary/aromatic N) is 2. The summed E-state index contributed by atoms with van der Waals surface area (Å²) in [5.74, 6) is 0. The van der Waals surface area contributed by atoms with Gasteiger partial charge in [0.25, 0.3) is 0 Å². The Morgan fingerprint density at radius 1 is 1.12 bits per heavy atom. The summed E-state index contributed by atoms with van der Waals surface area (Å²) in [6.07, 6.45) is 3.84. The van der Waals surface area contributed by atoms with Crippen LogP contribution in [0.5, 0.6) is 0 Å². The summed E-state index contributed by atoms with van der Waals surface area (Å²) in [5.41, 5.74) is 2.57. The van der Waals surface area contributed by atoms with Crippen LogP contribution in [-0.2, 0) is 0 Å². The lowest BCUT2D eigenvalue weighted by molar-refractivity contribution is 0.377. The predicted octanol–water partition coefficient (Wildman–Crippen LogP) is 5.73. The second kappa shape index (κ2) is 6.13. The van der Waals surface area contributed by atoms with Crippen molar-refractivity contribution in [2.24, 2.45) is 21.1 Å². The lowest BCUT2D eigenvalue weighted by Gasteiger charge is -2.18. The van der Waals surface area contributed by atoms with Crippen molar-refractivity contribution < 1.29 is 0 Å². The summed E-state index contributed by atoms with van der Waals surface area (Å²) < 4.78 is 0. The van der Waals surface area contributed by atoms with E-state index in [1.54, 1.807) is 0 Å². The van der Waals surface area contributed by atoms with Gasteiger partial charge < -0.3 is 0 Å². The van der Waals surface area contributed by atoms with Crippen LogP contribution in [0.2, 0.25) is 0 Å². The first-order valence-electron chi connectivity index (χ1n) is 6.28. The van der Waals surface area contributed by atoms with E-state index >= 15 is 0 Å². The average molecular weight is 236 g/mol. The van der Waals surface area contributed by atoms with E-state index in [0.717, 1.165) is 18.5 Å². The van der Waals surface area contributed by atoms with Gasteiger partial charge in [0.2, 0.25) is 0 Å². The average Bonchev–Trinajstić information content (AvgIpc) is 2.12. The Morgan fingerprint density at radius 3 is 2.06 bits per heavy atom. The van der Waals surface area contributed by atoms with Crippen molar-refractivity contribution in [3.05, 3.63) is 24.0 Å². The van der Waals surface area contributed by atoms with Crippen molar-refractivity contribution in [2.75, 3.05) is 0 Å². The molecule has 0 aliphatic rings. The van der Waals surface area contributed by atoms with E-state index < -0.39 is 0 Å². The van der Waals surface area contributed by atoms with Gasteiger partial charge in [0.1, 0.15) is 0 Å². The van der Waals surface area contributed by atoms with Gasteiger partial charge >= 0.3 is 0 Å². The number of allylic oxidation sites excluding steroid dienone is 2. The minimum Gasteiger partial charge on any atom is -0.159 e. The first kappa shape index (κ1) is 16.1. The van der Waals surface area contributed by atoms with E-state index in [2.05, 4.69) is 65.3 Å². The lowest BCUT2D eigenvalue weighted by Crippen LogP contribution is -2.05. The first-order valence-corrected chi connectivity index (χ1v) is 6.28. The fourth-order valence-corrected chi connectivity index (χ4v) is 0.960. The Kier molecular flexibility index (Phi) is 5.80. The highest BCUT2D eigenvalue weighted by Crippen LogP contribution is 2.25. The van der Waals surface area contributed by atoms with Crippen LogP contribution in [0, 0.1) is 10.8 Å². The van der Waals surface area contributed by atoms with Crippen molar-refractivity contribution in [1.29, 1.82) is 0 Å². The lowest BCUT2D eigenvalue weighted by atomic mass is 9.88. The normalized spacial score (nSPS) is 14.4. The molecule has 17 heavy (non-hydrogen) atoms. The summed E-state index contributed by atoms with van der Waals surface area (Å²) in [4.78, 5) is 0. The maximum Gasteiger partial charge on any atom is 0.0559 e. The largest absolute Gasteiger partial charge is 0.159 e. The summed E-state index contributed by atoms with van der Waals surface area (Å²) in [7, 11) is 0. The molecule has 0 aromatic carbocycles. The molecule has 0 saturated heterocycles. The zero-order valence-electron chi connectivity index (χ0n) is 12.6. The van der Waals surface area contributed by atoms with Crippen molar-refractivity contribution >= 4 is 0 Å². The van der Waals surface area contributed by atoms with Gasteiger partial charge in [-0.05, 0) is 36.2 Å². The molecule has 2 heteroatoms. The highest BCUT2D eigenvalue weighted by atomic mass is 15.1. The van der Waals surface area contributed by atoms with Gasteiger partial charge in [-0.2, -0.15) is 10.2 Å². The number of hydrogen-bond donors (Lipinski definition) is 0. The van der Waals surface area contributed by atoms with E-state index in [4.69, 9.17) is 0 Å². The van der Waals surface area contributed by atoms with E-state index in [0.29, 0.717) is 5.41 Å². The van der Waals surface area contributed by atoms with Gasteiger partial charge in [-0.25, -0.2) is 0 Å². The molecule has 0 saturated carbocycles. The number of rotatable bonds is 4. The van der Waals surface area contributed by atoms with Crippen molar-refractivity contribution in [2.45, 2.75) is 61.3 Å². The zero-order chi connectivity index (χ0) is 13.7. The molecule has 0 bridgehead atoms. The smallest absolute Gasteiger partial charge is 0.0559 e. The third kappa shape index (κ3) is 8.84. The van der Waals surface area contributed by atoms with Gasteiger partial charge in [-0.3, -0.25) is 0 Å². The van der Waals surface area contributed by atoms with Crippen molar-refractivity contribution in [1.82, 2.24) is 0 Å². The fourth-order valence-electron chi connectivity index (χ4n) is 0.960. The van der Waals surface area contributed by atoms with Gasteiger partial charge in [0.15, 0.2) is 0 Å². The SMILES string of the molecule is C=C(CCC(C)(C)C)/N=N\C=C(/C)C(C)(C)C. The Hall–Kier alpha value is -0.920. The molecule has 0 radical (unpaired) electrons. The van der Waals surface area contributed by atoms with E-state index in [9.17, 15) is 0 Å². The van der Waals surface area contributed by atoms with Crippen LogP contribution >= 0.6 is 0 Å². The van der Waals surface area contributed by atoms with Crippen molar-refractivity contribution in [3.8, 4) is 0 Å². The monoisotopic (exact) mass is 236 g/mol. The van der Waals surface area contributed by atoms with E-state index in [1.165, 1.54) is 5.57 Å². The molecule has 0 fully saturated rings. The molecule has 2 nitrogen and oxygen atoms in total. The molecular weight excluding hydrogens is 208 g/mol. The molecule has 98 valence electrons. The first-order chi connectivity index (χ1) is 7.52. The molecule has 0 amide bonds. The Balaban J connectivity index is 4.23. The number of azo groups is 1. The third-order valence-corrected chi connectivity index (χ3v) is 2.80. The van der Waals surface area contributed by atoms with Crippen LogP contribution in [0.3, 0.4) is 0 Å². The molecule has 0 aliphatic carbocycles. The van der Waals surface area contributed by atoms with Crippen LogP contribution < -0.4 is 0 Å². The Morgan fingerprint density at radius 2 is 1.65 bits per heavy atom. The second-order valence-corrected chi connectivity index (χ2v) is 6.90. The standard InChI is InChI=1S/C15H28N2/c1-12(15(6,7)8)11-16-17-13(2)9-10-14(3,4)5/h11H,2,9-10H2,1,3-8H3/b12-11+,17-16-. The van der Waals surface area contributed by atoms with Crippen LogP contribution in [0.15, 0.2) is 34.3 Å². The highest BCUT2D eigenvalue weighted by molar-refractivity contribution is 5.06. The molecular formula is C15H28N2. The van der Waals surface area contributed by atoms with Crippen LogP contribution in [0.1, 0.15) is 61.3 Å². The second-order valence-electron chi connectivity index (χ2n) is 6.90. The maximum atomic E-state index is 4.13. The minimum absolute atomic E-state index is 0.158. The third-order valence-electron chi connectivity index (χ3n) is 2.80. The van der Waals surface area contributed by atoms with Gasteiger partial charge in [-0.15, -0.1) is 0 Å². The zero-order valence-corrected chi connectivity index (χ0v) is 12.6. The predicted molar refractivity (Wildman–Crippen MR) is 75.9 cm³/mol. The summed E-state index contributed by atoms with van der Waals surface area (Å²) in [6.45, 7) is 19.2. The molecule has 0 heterocycles. The molecule has 0 aromatic rings. The molecule has 0 atom stereocenters. The van der Waals surface area contributed by atoms with E-state index in [1.807, 2.05) is 6.20 Å². The highest BCUT2D eigenvalue weighted by Gasteiger charge is 2.12. The maximum absolute atomic E-state index is 4.13. The van der Waals surface area contributed by atoms with Gasteiger partial charge in [-0.1, -0.05) is 48.1 Å². The molecule has 0 unspecified atom stereocenters. The minimum atomic E-state index is 0.158. The Labute approximate surface area is 107 Å². The molecule has 0 rings (SSSR count). The summed E-state index contributed by atoms with van der Waals surface area (Å²) in [5, 5.41) is 8.24. The van der Waals surface area contributed by atoms with Crippen LogP contribution in [-0.4, -0.2) is 0 Å². The van der Waals surface area contributed by atoms with Gasteiger partial charge in [0, 0.05) is 6.20 Å². The quantitative estimate of drug-likeness (QED) is 0.557. The molecule has 0 spiro atoms. The number of hydrogen-bond acceptors (Lipinski definition) is 2. The topological polar surface area (TPSA) is 24.7 Å².